The van der Waals surface area contributed by atoms with Crippen LogP contribution in [0.1, 0.15) is 0 Å². The second-order valence-corrected chi connectivity index (χ2v) is 21.1. The molecule has 5 nitrogen and oxygen atoms in total. The smallest absolute Gasteiger partial charge is 0.159 e. The normalized spacial score (nSPS) is 12.0. The lowest BCUT2D eigenvalue weighted by molar-refractivity contribution is 0.670. The molecule has 17 rings (SSSR count). The number of nitrogens with zero attached hydrogens (tertiary/aromatic N) is 3. The summed E-state index contributed by atoms with van der Waals surface area (Å²) in [7, 11) is 0. The Morgan fingerprint density at radius 2 is 0.753 bits per heavy atom. The van der Waals surface area contributed by atoms with Crippen molar-refractivity contribution in [3.63, 3.8) is 0 Å². The van der Waals surface area contributed by atoms with Crippen LogP contribution in [-0.4, -0.2) is 4.40 Å². The molecule has 0 N–H and O–H groups in total. The van der Waals surface area contributed by atoms with E-state index in [-0.39, 0.29) is 0 Å². The molecule has 378 valence electrons. The lowest BCUT2D eigenvalue weighted by Crippen LogP contribution is -2.10. The molecule has 4 aromatic heterocycles. The first-order valence-corrected chi connectivity index (χ1v) is 27.6. The van der Waals surface area contributed by atoms with Crippen molar-refractivity contribution in [2.75, 3.05) is 9.80 Å². The third-order valence-corrected chi connectivity index (χ3v) is 16.7. The number of rotatable bonds is 9. The van der Waals surface area contributed by atoms with Gasteiger partial charge in [-0.1, -0.05) is 212 Å². The quantitative estimate of drug-likeness (QED) is 0.144. The highest BCUT2D eigenvalue weighted by Crippen LogP contribution is 2.52. The van der Waals surface area contributed by atoms with Crippen LogP contribution in [0.5, 0.6) is 0 Å². The first-order chi connectivity index (χ1) is 40.2. The number of hydrogen-bond acceptors (Lipinski definition) is 4. The van der Waals surface area contributed by atoms with E-state index < -0.39 is 0 Å². The first kappa shape index (κ1) is 45.2. The summed E-state index contributed by atoms with van der Waals surface area (Å²) in [5.41, 5.74) is 19.8. The van der Waals surface area contributed by atoms with E-state index in [0.717, 1.165) is 128 Å². The number of fused-ring (bicyclic) bond motifs is 13. The van der Waals surface area contributed by atoms with Gasteiger partial charge in [-0.05, 0) is 106 Å². The first-order valence-electron chi connectivity index (χ1n) is 27.6. The Kier molecular flexibility index (Phi) is 9.94. The Hall–Kier alpha value is -10.9. The monoisotopic (exact) mass is 1030 g/mol. The molecule has 0 spiro atoms. The van der Waals surface area contributed by atoms with Crippen LogP contribution in [0, 0.1) is 0 Å². The molecule has 0 atom stereocenters. The zero-order chi connectivity index (χ0) is 53.1. The molecule has 5 heteroatoms. The Morgan fingerprint density at radius 1 is 0.259 bits per heavy atom. The Bertz CT molecular complexity index is 5280. The van der Waals surface area contributed by atoms with Crippen LogP contribution in [0.25, 0.3) is 126 Å². The van der Waals surface area contributed by atoms with Crippen molar-refractivity contribution < 1.29 is 8.83 Å². The lowest BCUT2D eigenvalue weighted by atomic mass is 10.00. The van der Waals surface area contributed by atoms with Gasteiger partial charge in [0.15, 0.2) is 11.2 Å². The predicted molar refractivity (Wildman–Crippen MR) is 339 cm³/mol. The minimum Gasteiger partial charge on any atom is -0.453 e. The van der Waals surface area contributed by atoms with Crippen LogP contribution in [0.3, 0.4) is 0 Å². The fourth-order valence-electron chi connectivity index (χ4n) is 13.0. The minimum atomic E-state index is 0.838. The van der Waals surface area contributed by atoms with E-state index >= 15 is 0 Å². The van der Waals surface area contributed by atoms with Crippen LogP contribution < -0.4 is 9.80 Å². The van der Waals surface area contributed by atoms with Gasteiger partial charge in [-0.25, -0.2) is 0 Å². The number of furan rings is 2. The maximum atomic E-state index is 7.18. The van der Waals surface area contributed by atoms with E-state index in [1.165, 1.54) is 32.6 Å². The van der Waals surface area contributed by atoms with Crippen molar-refractivity contribution in [3.8, 4) is 33.4 Å². The molecule has 17 aromatic rings. The molecule has 4 heterocycles. The Balaban J connectivity index is 0.903. The maximum absolute atomic E-state index is 7.18. The molecular formula is C76H47N3O2. The SMILES string of the molecule is c1ccc(-c2ccc3c4c(N(c5ccccc5)c5cccc6c5oc5c(-c7ccccc7)cccc56)ccc5c6cc7ccc(N(c8ccccc8)c8cccc9c8oc8c(-c%10ccccc%10)cccc89)cc7cc6n(c3c2)c54)cc1. The fourth-order valence-corrected chi connectivity index (χ4v) is 13.0. The van der Waals surface area contributed by atoms with Crippen LogP contribution in [0.4, 0.5) is 34.1 Å². The maximum Gasteiger partial charge on any atom is 0.159 e. The summed E-state index contributed by atoms with van der Waals surface area (Å²) in [4.78, 5) is 4.76. The number of para-hydroxylation sites is 6. The largest absolute Gasteiger partial charge is 0.453 e. The van der Waals surface area contributed by atoms with Crippen molar-refractivity contribution in [3.05, 3.63) is 285 Å². The Morgan fingerprint density at radius 3 is 1.35 bits per heavy atom. The molecule has 0 aliphatic rings. The van der Waals surface area contributed by atoms with Gasteiger partial charge in [0, 0.05) is 71.3 Å². The third kappa shape index (κ3) is 6.92. The van der Waals surface area contributed by atoms with Crippen LogP contribution in [0.15, 0.2) is 294 Å². The van der Waals surface area contributed by atoms with Crippen LogP contribution in [-0.2, 0) is 0 Å². The minimum absolute atomic E-state index is 0.838. The Labute approximate surface area is 465 Å². The van der Waals surface area contributed by atoms with Gasteiger partial charge in [0.05, 0.1) is 33.6 Å². The van der Waals surface area contributed by atoms with Gasteiger partial charge < -0.3 is 23.0 Å². The van der Waals surface area contributed by atoms with Gasteiger partial charge in [0.1, 0.15) is 11.2 Å². The highest BCUT2D eigenvalue weighted by Gasteiger charge is 2.28. The summed E-state index contributed by atoms with van der Waals surface area (Å²) < 4.78 is 16.8. The molecule has 0 unspecified atom stereocenters. The van der Waals surface area contributed by atoms with Crippen molar-refractivity contribution >= 4 is 127 Å². The van der Waals surface area contributed by atoms with Gasteiger partial charge in [0.25, 0.3) is 0 Å². The molecule has 0 fully saturated rings. The summed E-state index contributed by atoms with van der Waals surface area (Å²) in [6.07, 6.45) is 0. The zero-order valence-electron chi connectivity index (χ0n) is 43.8. The van der Waals surface area contributed by atoms with Gasteiger partial charge in [-0.3, -0.25) is 0 Å². The molecule has 0 saturated carbocycles. The standard InChI is InChI=1S/C76H47N3O2/c1-6-20-48(21-7-1)52-39-41-64-69(46-52)79-70-47-53-44-56(77(54-26-12-4-13-27-54)67-36-18-34-62-60-32-16-30-57(73(60)80-75(62)67)49-22-8-2-9-23-49)40-38-51(53)45-65(70)59-42-43-66(71(64)72(59)79)78(55-28-14-5-15-29-55)68-37-19-35-63-61-33-17-31-58(74(61)81-76(63)68)50-24-10-3-11-25-50/h1-47H. The second kappa shape index (κ2) is 17.8. The van der Waals surface area contributed by atoms with Crippen LogP contribution >= 0.6 is 0 Å². The number of anilines is 6. The average Bonchev–Trinajstić information content (AvgIpc) is 3.72. The average molecular weight is 1030 g/mol. The van der Waals surface area contributed by atoms with E-state index in [9.17, 15) is 0 Å². The molecule has 0 bridgehead atoms. The molecule has 0 aliphatic carbocycles. The van der Waals surface area contributed by atoms with E-state index in [1.807, 2.05) is 0 Å². The van der Waals surface area contributed by atoms with Gasteiger partial charge >= 0.3 is 0 Å². The summed E-state index contributed by atoms with van der Waals surface area (Å²) in [6, 6.07) is 103. The lowest BCUT2D eigenvalue weighted by Gasteiger charge is -2.26. The number of hydrogen-bond donors (Lipinski definition) is 0. The second-order valence-electron chi connectivity index (χ2n) is 21.1. The molecule has 0 saturated heterocycles. The van der Waals surface area contributed by atoms with Crippen molar-refractivity contribution in [2.24, 2.45) is 0 Å². The van der Waals surface area contributed by atoms with Crippen molar-refractivity contribution in [1.82, 2.24) is 4.40 Å². The summed E-state index contributed by atoms with van der Waals surface area (Å²) in [5.74, 6) is 0. The van der Waals surface area contributed by atoms with Gasteiger partial charge in [-0.15, -0.1) is 0 Å². The van der Waals surface area contributed by atoms with E-state index in [0.29, 0.717) is 0 Å². The third-order valence-electron chi connectivity index (χ3n) is 16.7. The van der Waals surface area contributed by atoms with E-state index in [4.69, 9.17) is 8.83 Å². The molecular weight excluding hydrogens is 987 g/mol. The molecule has 0 radical (unpaired) electrons. The van der Waals surface area contributed by atoms with Crippen molar-refractivity contribution in [1.29, 1.82) is 0 Å². The summed E-state index contributed by atoms with van der Waals surface area (Å²) >= 11 is 0. The molecule has 0 aliphatic heterocycles. The molecule has 81 heavy (non-hydrogen) atoms. The highest BCUT2D eigenvalue weighted by atomic mass is 16.3. The topological polar surface area (TPSA) is 37.2 Å². The number of aromatic nitrogens is 1. The van der Waals surface area contributed by atoms with E-state index in [2.05, 4.69) is 299 Å². The summed E-state index contributed by atoms with van der Waals surface area (Å²) in [5, 5.41) is 11.4. The van der Waals surface area contributed by atoms with Gasteiger partial charge in [0.2, 0.25) is 0 Å². The van der Waals surface area contributed by atoms with Crippen LogP contribution in [0.2, 0.25) is 0 Å². The van der Waals surface area contributed by atoms with Gasteiger partial charge in [-0.2, -0.15) is 0 Å². The zero-order valence-corrected chi connectivity index (χ0v) is 43.8. The number of benzene rings is 13. The molecule has 13 aromatic carbocycles. The predicted octanol–water partition coefficient (Wildman–Crippen LogP) is 21.7. The summed E-state index contributed by atoms with van der Waals surface area (Å²) in [6.45, 7) is 0. The fraction of sp³-hybridized carbons (Fsp3) is 0. The highest BCUT2D eigenvalue weighted by molar-refractivity contribution is 6.29. The van der Waals surface area contributed by atoms with Crippen molar-refractivity contribution in [2.45, 2.75) is 0 Å². The van der Waals surface area contributed by atoms with E-state index in [1.54, 1.807) is 0 Å². The molecule has 0 amide bonds.